The largest absolute Gasteiger partial charge is 0.310 e. The van der Waals surface area contributed by atoms with Gasteiger partial charge in [0.25, 0.3) is 0 Å². The van der Waals surface area contributed by atoms with E-state index in [-0.39, 0.29) is 0 Å². The molecule has 0 bridgehead atoms. The van der Waals surface area contributed by atoms with E-state index in [1.807, 2.05) is 30.3 Å². The fourth-order valence-electron chi connectivity index (χ4n) is 2.07. The Hall–Kier alpha value is -1.98. The molecular formula is C15H16ClN5. The van der Waals surface area contributed by atoms with Crippen LogP contribution in [0.3, 0.4) is 0 Å². The molecule has 108 valence electrons. The normalized spacial score (nSPS) is 11.4. The molecule has 0 atom stereocenters. The molecular weight excluding hydrogens is 286 g/mol. The van der Waals surface area contributed by atoms with Crippen LogP contribution in [0.1, 0.15) is 19.4 Å². The molecule has 2 aromatic heterocycles. The number of benzene rings is 1. The van der Waals surface area contributed by atoms with E-state index < -0.39 is 0 Å². The Kier molecular flexibility index (Phi) is 3.86. The molecule has 0 aliphatic carbocycles. The van der Waals surface area contributed by atoms with Gasteiger partial charge in [-0.05, 0) is 23.8 Å². The molecule has 0 fully saturated rings. The molecule has 6 heteroatoms. The van der Waals surface area contributed by atoms with Gasteiger partial charge in [0.05, 0.1) is 10.5 Å². The summed E-state index contributed by atoms with van der Waals surface area (Å²) in [5.74, 6) is 0.716. The van der Waals surface area contributed by atoms with Gasteiger partial charge in [-0.2, -0.15) is 4.68 Å². The third-order valence-electron chi connectivity index (χ3n) is 3.19. The molecule has 3 rings (SSSR count). The van der Waals surface area contributed by atoms with Crippen LogP contribution in [0.5, 0.6) is 0 Å². The van der Waals surface area contributed by atoms with Crippen molar-refractivity contribution in [3.63, 3.8) is 0 Å². The second-order valence-corrected chi connectivity index (χ2v) is 5.57. The SMILES string of the molecule is CC(C)NCc1cc(-n2nnc3ccccc32)ncc1Cl. The number of nitrogens with zero attached hydrogens (tertiary/aromatic N) is 4. The van der Waals surface area contributed by atoms with Gasteiger partial charge in [-0.3, -0.25) is 0 Å². The average molecular weight is 302 g/mol. The first-order valence-corrected chi connectivity index (χ1v) is 7.21. The van der Waals surface area contributed by atoms with Crippen molar-refractivity contribution in [1.82, 2.24) is 25.3 Å². The Balaban J connectivity index is 2.00. The number of hydrogen-bond donors (Lipinski definition) is 1. The van der Waals surface area contributed by atoms with Crippen molar-refractivity contribution in [3.05, 3.63) is 47.1 Å². The molecule has 1 aromatic carbocycles. The molecule has 5 nitrogen and oxygen atoms in total. The Morgan fingerprint density at radius 3 is 2.90 bits per heavy atom. The fourth-order valence-corrected chi connectivity index (χ4v) is 2.24. The van der Waals surface area contributed by atoms with E-state index in [4.69, 9.17) is 11.6 Å². The van der Waals surface area contributed by atoms with E-state index in [0.717, 1.165) is 16.6 Å². The van der Waals surface area contributed by atoms with E-state index in [0.29, 0.717) is 23.4 Å². The maximum Gasteiger partial charge on any atom is 0.156 e. The second kappa shape index (κ2) is 5.79. The molecule has 0 saturated carbocycles. The predicted molar refractivity (Wildman–Crippen MR) is 83.6 cm³/mol. The highest BCUT2D eigenvalue weighted by atomic mass is 35.5. The van der Waals surface area contributed by atoms with Gasteiger partial charge in [0.1, 0.15) is 5.52 Å². The molecule has 0 unspecified atom stereocenters. The van der Waals surface area contributed by atoms with Gasteiger partial charge in [-0.15, -0.1) is 5.10 Å². The van der Waals surface area contributed by atoms with Gasteiger partial charge in [-0.1, -0.05) is 42.8 Å². The summed E-state index contributed by atoms with van der Waals surface area (Å²) in [7, 11) is 0. The number of hydrogen-bond acceptors (Lipinski definition) is 4. The number of halogens is 1. The van der Waals surface area contributed by atoms with Crippen LogP contribution in [-0.2, 0) is 6.54 Å². The van der Waals surface area contributed by atoms with Crippen molar-refractivity contribution in [1.29, 1.82) is 0 Å². The van der Waals surface area contributed by atoms with Gasteiger partial charge in [-0.25, -0.2) is 4.98 Å². The Morgan fingerprint density at radius 1 is 1.29 bits per heavy atom. The van der Waals surface area contributed by atoms with Crippen LogP contribution >= 0.6 is 11.6 Å². The van der Waals surface area contributed by atoms with Crippen molar-refractivity contribution in [2.75, 3.05) is 0 Å². The predicted octanol–water partition coefficient (Wildman–Crippen LogP) is 2.97. The molecule has 1 N–H and O–H groups in total. The van der Waals surface area contributed by atoms with Crippen molar-refractivity contribution < 1.29 is 0 Å². The zero-order chi connectivity index (χ0) is 14.8. The molecule has 0 aliphatic heterocycles. The van der Waals surface area contributed by atoms with E-state index in [1.54, 1.807) is 10.9 Å². The van der Waals surface area contributed by atoms with Crippen LogP contribution in [0, 0.1) is 0 Å². The number of fused-ring (bicyclic) bond motifs is 1. The summed E-state index contributed by atoms with van der Waals surface area (Å²) < 4.78 is 1.73. The van der Waals surface area contributed by atoms with Crippen LogP contribution in [-0.4, -0.2) is 26.0 Å². The number of para-hydroxylation sites is 1. The van der Waals surface area contributed by atoms with E-state index in [2.05, 4.69) is 34.5 Å². The van der Waals surface area contributed by atoms with Crippen LogP contribution in [0.15, 0.2) is 36.5 Å². The summed E-state index contributed by atoms with van der Waals surface area (Å²) >= 11 is 6.21. The van der Waals surface area contributed by atoms with Crippen molar-refractivity contribution in [2.24, 2.45) is 0 Å². The summed E-state index contributed by atoms with van der Waals surface area (Å²) in [5, 5.41) is 12.3. The third-order valence-corrected chi connectivity index (χ3v) is 3.53. The lowest BCUT2D eigenvalue weighted by atomic mass is 10.2. The van der Waals surface area contributed by atoms with Gasteiger partial charge < -0.3 is 5.32 Å². The molecule has 0 saturated heterocycles. The summed E-state index contributed by atoms with van der Waals surface area (Å²) in [5.41, 5.74) is 2.76. The molecule has 3 aromatic rings. The third kappa shape index (κ3) is 2.89. The molecule has 0 aliphatic rings. The Morgan fingerprint density at radius 2 is 2.10 bits per heavy atom. The lowest BCUT2D eigenvalue weighted by Gasteiger charge is -2.10. The highest BCUT2D eigenvalue weighted by molar-refractivity contribution is 6.31. The van der Waals surface area contributed by atoms with Crippen LogP contribution in [0.25, 0.3) is 16.9 Å². The van der Waals surface area contributed by atoms with Crippen LogP contribution in [0.2, 0.25) is 5.02 Å². The first-order chi connectivity index (χ1) is 10.1. The minimum atomic E-state index is 0.393. The summed E-state index contributed by atoms with van der Waals surface area (Å²) in [6.45, 7) is 4.89. The quantitative estimate of drug-likeness (QED) is 0.805. The summed E-state index contributed by atoms with van der Waals surface area (Å²) in [4.78, 5) is 4.36. The molecule has 0 amide bonds. The molecule has 0 spiro atoms. The first-order valence-electron chi connectivity index (χ1n) is 6.84. The van der Waals surface area contributed by atoms with Crippen molar-refractivity contribution >= 4 is 22.6 Å². The summed E-state index contributed by atoms with van der Waals surface area (Å²) in [6.07, 6.45) is 1.66. The average Bonchev–Trinajstić information content (AvgIpc) is 2.90. The number of aromatic nitrogens is 4. The highest BCUT2D eigenvalue weighted by Gasteiger charge is 2.10. The fraction of sp³-hybridized carbons (Fsp3) is 0.267. The van der Waals surface area contributed by atoms with Crippen LogP contribution in [0.4, 0.5) is 0 Å². The summed E-state index contributed by atoms with van der Waals surface area (Å²) in [6, 6.07) is 10.1. The highest BCUT2D eigenvalue weighted by Crippen LogP contribution is 2.20. The number of pyridine rings is 1. The van der Waals surface area contributed by atoms with Gasteiger partial charge in [0.15, 0.2) is 5.82 Å². The maximum atomic E-state index is 6.21. The Bertz CT molecular complexity index is 766. The minimum absolute atomic E-state index is 0.393. The van der Waals surface area contributed by atoms with Crippen molar-refractivity contribution in [3.8, 4) is 5.82 Å². The van der Waals surface area contributed by atoms with Gasteiger partial charge in [0, 0.05) is 18.8 Å². The number of rotatable bonds is 4. The smallest absolute Gasteiger partial charge is 0.156 e. The molecule has 21 heavy (non-hydrogen) atoms. The topological polar surface area (TPSA) is 55.6 Å². The lowest BCUT2D eigenvalue weighted by Crippen LogP contribution is -2.22. The van der Waals surface area contributed by atoms with E-state index >= 15 is 0 Å². The number of nitrogens with one attached hydrogen (secondary N) is 1. The Labute approximate surface area is 127 Å². The standard InChI is InChI=1S/C15H16ClN5/c1-10(2)17-8-11-7-15(18-9-12(11)16)21-14-6-4-3-5-13(14)19-20-21/h3-7,9-10,17H,8H2,1-2H3. The van der Waals surface area contributed by atoms with Gasteiger partial charge >= 0.3 is 0 Å². The van der Waals surface area contributed by atoms with Crippen LogP contribution < -0.4 is 5.32 Å². The van der Waals surface area contributed by atoms with E-state index in [1.165, 1.54) is 0 Å². The van der Waals surface area contributed by atoms with Crippen molar-refractivity contribution in [2.45, 2.75) is 26.4 Å². The minimum Gasteiger partial charge on any atom is -0.310 e. The molecule has 2 heterocycles. The zero-order valence-corrected chi connectivity index (χ0v) is 12.7. The zero-order valence-electron chi connectivity index (χ0n) is 11.9. The van der Waals surface area contributed by atoms with Gasteiger partial charge in [0.2, 0.25) is 0 Å². The maximum absolute atomic E-state index is 6.21. The lowest BCUT2D eigenvalue weighted by molar-refractivity contribution is 0.588. The monoisotopic (exact) mass is 301 g/mol. The van der Waals surface area contributed by atoms with E-state index in [9.17, 15) is 0 Å². The molecule has 0 radical (unpaired) electrons. The second-order valence-electron chi connectivity index (χ2n) is 5.16. The first kappa shape index (κ1) is 14.0.